The standard InChI is InChI=1S/C24H24F4N6O3/c1-14-19(31-15(2)35)4-3-5-20(14)32-22-29-13-30-23(33-22)34-10-8-16(9-11-34)36-21-12-17(6-7-18(21)25)37-24(26,27)28/h3-7,12-13,16H,8-11H2,1-2H3,(H,31,35)(H,29,30,32,33). The molecule has 196 valence electrons. The Hall–Kier alpha value is -4.16. The molecule has 0 saturated carbocycles. The third-order valence-electron chi connectivity index (χ3n) is 5.60. The van der Waals surface area contributed by atoms with Gasteiger partial charge in [-0.15, -0.1) is 13.2 Å². The highest BCUT2D eigenvalue weighted by Crippen LogP contribution is 2.31. The predicted octanol–water partition coefficient (Wildman–Crippen LogP) is 4.97. The second kappa shape index (κ2) is 10.8. The molecule has 1 aliphatic heterocycles. The van der Waals surface area contributed by atoms with E-state index in [-0.39, 0.29) is 11.7 Å². The summed E-state index contributed by atoms with van der Waals surface area (Å²) in [7, 11) is 0. The van der Waals surface area contributed by atoms with Crippen molar-refractivity contribution in [2.24, 2.45) is 0 Å². The molecule has 0 aliphatic carbocycles. The lowest BCUT2D eigenvalue weighted by Gasteiger charge is -2.32. The molecule has 1 amide bonds. The van der Waals surface area contributed by atoms with Crippen LogP contribution in [0.25, 0.3) is 0 Å². The minimum absolute atomic E-state index is 0.180. The number of ether oxygens (including phenoxy) is 2. The maximum atomic E-state index is 14.1. The lowest BCUT2D eigenvalue weighted by Crippen LogP contribution is -2.39. The van der Waals surface area contributed by atoms with Crippen LogP contribution in [0.1, 0.15) is 25.3 Å². The van der Waals surface area contributed by atoms with Crippen LogP contribution in [-0.2, 0) is 4.79 Å². The van der Waals surface area contributed by atoms with Gasteiger partial charge in [0.1, 0.15) is 18.2 Å². The van der Waals surface area contributed by atoms with Gasteiger partial charge in [0.15, 0.2) is 11.6 Å². The summed E-state index contributed by atoms with van der Waals surface area (Å²) in [6, 6.07) is 8.07. The number of hydrogen-bond donors (Lipinski definition) is 2. The first-order valence-corrected chi connectivity index (χ1v) is 11.4. The smallest absolute Gasteiger partial charge is 0.487 e. The van der Waals surface area contributed by atoms with Gasteiger partial charge >= 0.3 is 6.36 Å². The zero-order valence-corrected chi connectivity index (χ0v) is 20.0. The van der Waals surface area contributed by atoms with Crippen LogP contribution in [0, 0.1) is 12.7 Å². The van der Waals surface area contributed by atoms with Crippen LogP contribution >= 0.6 is 0 Å². The van der Waals surface area contributed by atoms with E-state index >= 15 is 0 Å². The SMILES string of the molecule is CC(=O)Nc1cccc(Nc2ncnc(N3CCC(Oc4cc(OC(F)(F)F)ccc4F)CC3)n2)c1C. The number of amides is 1. The van der Waals surface area contributed by atoms with E-state index in [1.54, 1.807) is 12.1 Å². The monoisotopic (exact) mass is 520 g/mol. The maximum absolute atomic E-state index is 14.1. The number of nitrogens with zero attached hydrogens (tertiary/aromatic N) is 4. The van der Waals surface area contributed by atoms with E-state index < -0.39 is 24.0 Å². The molecule has 1 saturated heterocycles. The number of alkyl halides is 3. The molecule has 0 spiro atoms. The summed E-state index contributed by atoms with van der Waals surface area (Å²) in [6.07, 6.45) is -2.98. The zero-order valence-electron chi connectivity index (χ0n) is 20.0. The minimum Gasteiger partial charge on any atom is -0.487 e. The van der Waals surface area contributed by atoms with Crippen molar-refractivity contribution in [2.45, 2.75) is 39.2 Å². The van der Waals surface area contributed by atoms with E-state index in [0.717, 1.165) is 23.8 Å². The van der Waals surface area contributed by atoms with Crippen molar-refractivity contribution in [3.8, 4) is 11.5 Å². The summed E-state index contributed by atoms with van der Waals surface area (Å²) in [6.45, 7) is 4.24. The second-order valence-electron chi connectivity index (χ2n) is 8.34. The number of halogens is 4. The summed E-state index contributed by atoms with van der Waals surface area (Å²) < 4.78 is 61.0. The van der Waals surface area contributed by atoms with Crippen molar-refractivity contribution in [2.75, 3.05) is 28.6 Å². The zero-order chi connectivity index (χ0) is 26.6. The van der Waals surface area contributed by atoms with Crippen molar-refractivity contribution in [3.63, 3.8) is 0 Å². The highest BCUT2D eigenvalue weighted by atomic mass is 19.4. The first-order valence-electron chi connectivity index (χ1n) is 11.4. The Balaban J connectivity index is 1.38. The predicted molar refractivity (Wildman–Crippen MR) is 128 cm³/mol. The van der Waals surface area contributed by atoms with Crippen molar-refractivity contribution in [3.05, 3.63) is 54.1 Å². The van der Waals surface area contributed by atoms with Crippen LogP contribution in [0.5, 0.6) is 11.5 Å². The van der Waals surface area contributed by atoms with Crippen molar-refractivity contribution in [1.82, 2.24) is 15.0 Å². The quantitative estimate of drug-likeness (QED) is 0.422. The molecule has 2 aromatic carbocycles. The maximum Gasteiger partial charge on any atom is 0.573 e. The first-order chi connectivity index (χ1) is 17.6. The molecule has 0 atom stereocenters. The fourth-order valence-electron chi connectivity index (χ4n) is 3.84. The van der Waals surface area contributed by atoms with Gasteiger partial charge in [0.2, 0.25) is 17.8 Å². The van der Waals surface area contributed by atoms with E-state index in [1.807, 2.05) is 17.9 Å². The van der Waals surface area contributed by atoms with Crippen LogP contribution in [0.4, 0.5) is 40.8 Å². The number of hydrogen-bond acceptors (Lipinski definition) is 8. The molecule has 9 nitrogen and oxygen atoms in total. The molecule has 1 aliphatic rings. The average Bonchev–Trinajstić information content (AvgIpc) is 2.83. The van der Waals surface area contributed by atoms with E-state index in [1.165, 1.54) is 13.3 Å². The summed E-state index contributed by atoms with van der Waals surface area (Å²) in [5, 5.41) is 5.90. The lowest BCUT2D eigenvalue weighted by atomic mass is 10.1. The highest BCUT2D eigenvalue weighted by Gasteiger charge is 2.32. The number of nitrogens with one attached hydrogen (secondary N) is 2. The molecule has 2 N–H and O–H groups in total. The first kappa shape index (κ1) is 25.9. The number of aromatic nitrogens is 3. The molecule has 13 heteroatoms. The van der Waals surface area contributed by atoms with Gasteiger partial charge in [-0.05, 0) is 36.8 Å². The van der Waals surface area contributed by atoms with E-state index in [2.05, 4.69) is 30.3 Å². The van der Waals surface area contributed by atoms with Gasteiger partial charge in [-0.3, -0.25) is 4.79 Å². The van der Waals surface area contributed by atoms with Crippen LogP contribution in [0.3, 0.4) is 0 Å². The Kier molecular flexibility index (Phi) is 7.60. The molecule has 1 fully saturated rings. The Morgan fingerprint density at radius 3 is 2.54 bits per heavy atom. The number of benzene rings is 2. The normalized spacial score (nSPS) is 14.3. The fourth-order valence-corrected chi connectivity index (χ4v) is 3.84. The fraction of sp³-hybridized carbons (Fsp3) is 0.333. The number of carbonyl (C=O) groups excluding carboxylic acids is 1. The number of anilines is 4. The van der Waals surface area contributed by atoms with E-state index in [9.17, 15) is 22.4 Å². The third-order valence-corrected chi connectivity index (χ3v) is 5.60. The van der Waals surface area contributed by atoms with Crippen molar-refractivity contribution >= 4 is 29.2 Å². The Labute approximate surface area is 209 Å². The second-order valence-corrected chi connectivity index (χ2v) is 8.34. The van der Waals surface area contributed by atoms with Crippen LogP contribution in [0.15, 0.2) is 42.7 Å². The van der Waals surface area contributed by atoms with E-state index in [0.29, 0.717) is 49.2 Å². The molecule has 37 heavy (non-hydrogen) atoms. The van der Waals surface area contributed by atoms with Crippen LogP contribution < -0.4 is 25.0 Å². The highest BCUT2D eigenvalue weighted by molar-refractivity contribution is 5.90. The molecular weight excluding hydrogens is 496 g/mol. The van der Waals surface area contributed by atoms with Crippen LogP contribution in [-0.4, -0.2) is 46.4 Å². The molecule has 4 rings (SSSR count). The van der Waals surface area contributed by atoms with Crippen molar-refractivity contribution in [1.29, 1.82) is 0 Å². The number of piperidine rings is 1. The Bertz CT molecular complexity index is 1270. The minimum atomic E-state index is -4.88. The number of carbonyl (C=O) groups is 1. The molecule has 1 aromatic heterocycles. The Morgan fingerprint density at radius 2 is 1.84 bits per heavy atom. The lowest BCUT2D eigenvalue weighted by molar-refractivity contribution is -0.274. The summed E-state index contributed by atoms with van der Waals surface area (Å²) in [5.74, 6) is -1.07. The molecule has 0 radical (unpaired) electrons. The van der Waals surface area contributed by atoms with Crippen molar-refractivity contribution < 1.29 is 31.8 Å². The molecule has 2 heterocycles. The molecular formula is C24H24F4N6O3. The van der Waals surface area contributed by atoms with Gasteiger partial charge in [-0.1, -0.05) is 6.07 Å². The van der Waals surface area contributed by atoms with Gasteiger partial charge in [-0.2, -0.15) is 4.98 Å². The van der Waals surface area contributed by atoms with Gasteiger partial charge in [-0.25, -0.2) is 14.4 Å². The topological polar surface area (TPSA) is 102 Å². The summed E-state index contributed by atoms with van der Waals surface area (Å²) >= 11 is 0. The largest absolute Gasteiger partial charge is 0.573 e. The summed E-state index contributed by atoms with van der Waals surface area (Å²) in [4.78, 5) is 26.2. The average molecular weight is 520 g/mol. The number of rotatable bonds is 7. The molecule has 3 aromatic rings. The van der Waals surface area contributed by atoms with Gasteiger partial charge in [0.25, 0.3) is 0 Å². The van der Waals surface area contributed by atoms with Gasteiger partial charge < -0.3 is 25.0 Å². The third kappa shape index (κ3) is 6.96. The summed E-state index contributed by atoms with van der Waals surface area (Å²) in [5.41, 5.74) is 2.20. The van der Waals surface area contributed by atoms with Crippen LogP contribution in [0.2, 0.25) is 0 Å². The molecule has 0 unspecified atom stereocenters. The van der Waals surface area contributed by atoms with Gasteiger partial charge in [0, 0.05) is 50.3 Å². The van der Waals surface area contributed by atoms with E-state index in [4.69, 9.17) is 4.74 Å². The van der Waals surface area contributed by atoms with Gasteiger partial charge in [0.05, 0.1) is 0 Å². The Morgan fingerprint density at radius 1 is 1.11 bits per heavy atom. The molecule has 0 bridgehead atoms.